The normalized spacial score (nSPS) is 12.0. The zero-order valence-electron chi connectivity index (χ0n) is 12.5. The first-order chi connectivity index (χ1) is 10.2. The van der Waals surface area contributed by atoms with Gasteiger partial charge < -0.3 is 14.8 Å². The largest absolute Gasteiger partial charge is 0.497 e. The molecule has 0 amide bonds. The fraction of sp³-hybridized carbons (Fsp3) is 0.294. The Bertz CT molecular complexity index is 601. The van der Waals surface area contributed by atoms with Gasteiger partial charge in [0.15, 0.2) is 0 Å². The Morgan fingerprint density at radius 1 is 1.10 bits per heavy atom. The highest BCUT2D eigenvalue weighted by molar-refractivity contribution is 6.30. The van der Waals surface area contributed by atoms with E-state index in [0.29, 0.717) is 5.02 Å². The number of nitrogens with one attached hydrogen (secondary N) is 1. The molecule has 1 N–H and O–H groups in total. The molecule has 1 atom stereocenters. The van der Waals surface area contributed by atoms with E-state index in [0.717, 1.165) is 29.2 Å². The second-order valence-corrected chi connectivity index (χ2v) is 5.09. The maximum atomic E-state index is 6.16. The van der Waals surface area contributed by atoms with Crippen molar-refractivity contribution in [1.82, 2.24) is 5.32 Å². The number of hydrogen-bond donors (Lipinski definition) is 1. The number of hydrogen-bond acceptors (Lipinski definition) is 3. The van der Waals surface area contributed by atoms with E-state index < -0.39 is 0 Å². The van der Waals surface area contributed by atoms with E-state index in [4.69, 9.17) is 21.1 Å². The molecule has 112 valence electrons. The molecule has 2 aromatic rings. The minimum atomic E-state index is -0.00116. The van der Waals surface area contributed by atoms with E-state index in [1.165, 1.54) is 0 Å². The quantitative estimate of drug-likeness (QED) is 0.873. The van der Waals surface area contributed by atoms with Crippen molar-refractivity contribution in [3.63, 3.8) is 0 Å². The molecule has 2 aromatic carbocycles. The Hall–Kier alpha value is -1.71. The van der Waals surface area contributed by atoms with Crippen LogP contribution in [0, 0.1) is 0 Å². The van der Waals surface area contributed by atoms with Gasteiger partial charge in [-0.05, 0) is 42.4 Å². The molecule has 0 fully saturated rings. The van der Waals surface area contributed by atoms with E-state index in [9.17, 15) is 0 Å². The Balaban J connectivity index is 2.49. The molecule has 0 spiro atoms. The molecular weight excluding hydrogens is 286 g/mol. The minimum Gasteiger partial charge on any atom is -0.497 e. The molecular formula is C17H20ClNO2. The predicted octanol–water partition coefficient (Wildman–Crippen LogP) is 4.06. The molecule has 2 rings (SSSR count). The zero-order valence-corrected chi connectivity index (χ0v) is 13.3. The second kappa shape index (κ2) is 7.34. The van der Waals surface area contributed by atoms with Crippen LogP contribution in [0.25, 0.3) is 0 Å². The van der Waals surface area contributed by atoms with E-state index in [-0.39, 0.29) is 6.04 Å². The summed E-state index contributed by atoms with van der Waals surface area (Å²) < 4.78 is 10.8. The average molecular weight is 306 g/mol. The molecule has 0 bridgehead atoms. The topological polar surface area (TPSA) is 30.5 Å². The molecule has 0 aromatic heterocycles. The summed E-state index contributed by atoms with van der Waals surface area (Å²) in [6, 6.07) is 13.7. The SMILES string of the molecule is CCNC(c1cccc(OC)c1)c1cc(Cl)ccc1OC. The second-order valence-electron chi connectivity index (χ2n) is 4.65. The molecule has 0 heterocycles. The third-order valence-corrected chi connectivity index (χ3v) is 3.57. The maximum absolute atomic E-state index is 6.16. The third-order valence-electron chi connectivity index (χ3n) is 3.34. The Morgan fingerprint density at radius 2 is 1.90 bits per heavy atom. The van der Waals surface area contributed by atoms with E-state index in [1.54, 1.807) is 14.2 Å². The first-order valence-electron chi connectivity index (χ1n) is 6.90. The van der Waals surface area contributed by atoms with Gasteiger partial charge in [0.25, 0.3) is 0 Å². The molecule has 0 saturated carbocycles. The molecule has 0 saturated heterocycles. The summed E-state index contributed by atoms with van der Waals surface area (Å²) >= 11 is 6.16. The number of methoxy groups -OCH3 is 2. The van der Waals surface area contributed by atoms with Crippen molar-refractivity contribution in [2.24, 2.45) is 0 Å². The van der Waals surface area contributed by atoms with E-state index >= 15 is 0 Å². The van der Waals surface area contributed by atoms with Crippen molar-refractivity contribution < 1.29 is 9.47 Å². The van der Waals surface area contributed by atoms with Gasteiger partial charge in [-0.25, -0.2) is 0 Å². The van der Waals surface area contributed by atoms with E-state index in [2.05, 4.69) is 18.3 Å². The lowest BCUT2D eigenvalue weighted by Gasteiger charge is -2.22. The van der Waals surface area contributed by atoms with Crippen LogP contribution in [0.3, 0.4) is 0 Å². The van der Waals surface area contributed by atoms with Gasteiger partial charge in [0.1, 0.15) is 11.5 Å². The highest BCUT2D eigenvalue weighted by Gasteiger charge is 2.18. The average Bonchev–Trinajstić information content (AvgIpc) is 2.52. The van der Waals surface area contributed by atoms with Crippen LogP contribution in [0.4, 0.5) is 0 Å². The van der Waals surface area contributed by atoms with Gasteiger partial charge in [0.05, 0.1) is 20.3 Å². The summed E-state index contributed by atoms with van der Waals surface area (Å²) in [6.07, 6.45) is 0. The van der Waals surface area contributed by atoms with Crippen molar-refractivity contribution in [2.45, 2.75) is 13.0 Å². The van der Waals surface area contributed by atoms with Crippen LogP contribution in [-0.4, -0.2) is 20.8 Å². The lowest BCUT2D eigenvalue weighted by molar-refractivity contribution is 0.403. The van der Waals surface area contributed by atoms with Crippen LogP contribution in [-0.2, 0) is 0 Å². The van der Waals surface area contributed by atoms with Crippen molar-refractivity contribution in [1.29, 1.82) is 0 Å². The summed E-state index contributed by atoms with van der Waals surface area (Å²) in [5.74, 6) is 1.64. The zero-order chi connectivity index (χ0) is 15.2. The third kappa shape index (κ3) is 3.69. The Morgan fingerprint density at radius 3 is 2.57 bits per heavy atom. The van der Waals surface area contributed by atoms with Gasteiger partial charge in [-0.3, -0.25) is 0 Å². The monoisotopic (exact) mass is 305 g/mol. The lowest BCUT2D eigenvalue weighted by atomic mass is 9.97. The number of halogens is 1. The van der Waals surface area contributed by atoms with Gasteiger partial charge in [-0.2, -0.15) is 0 Å². The number of benzene rings is 2. The van der Waals surface area contributed by atoms with Crippen LogP contribution in [0.2, 0.25) is 5.02 Å². The van der Waals surface area contributed by atoms with Crippen molar-refractivity contribution in [3.05, 3.63) is 58.6 Å². The predicted molar refractivity (Wildman–Crippen MR) is 86.5 cm³/mol. The molecule has 4 heteroatoms. The fourth-order valence-electron chi connectivity index (χ4n) is 2.36. The summed E-state index contributed by atoms with van der Waals surface area (Å²) in [6.45, 7) is 2.90. The van der Waals surface area contributed by atoms with Crippen LogP contribution in [0.1, 0.15) is 24.1 Å². The van der Waals surface area contributed by atoms with Gasteiger partial charge in [-0.15, -0.1) is 0 Å². The summed E-state index contributed by atoms with van der Waals surface area (Å²) in [4.78, 5) is 0. The standard InChI is InChI=1S/C17H20ClNO2/c1-4-19-17(12-6-5-7-14(10-12)20-2)15-11-13(18)8-9-16(15)21-3/h5-11,17,19H,4H2,1-3H3. The highest BCUT2D eigenvalue weighted by atomic mass is 35.5. The molecule has 0 radical (unpaired) electrons. The first-order valence-corrected chi connectivity index (χ1v) is 7.28. The van der Waals surface area contributed by atoms with Gasteiger partial charge in [0, 0.05) is 10.6 Å². The van der Waals surface area contributed by atoms with Crippen LogP contribution in [0.15, 0.2) is 42.5 Å². The fourth-order valence-corrected chi connectivity index (χ4v) is 2.54. The van der Waals surface area contributed by atoms with Gasteiger partial charge in [-0.1, -0.05) is 30.7 Å². The van der Waals surface area contributed by atoms with Crippen molar-refractivity contribution in [2.75, 3.05) is 20.8 Å². The van der Waals surface area contributed by atoms with Gasteiger partial charge >= 0.3 is 0 Å². The van der Waals surface area contributed by atoms with Crippen molar-refractivity contribution in [3.8, 4) is 11.5 Å². The lowest BCUT2D eigenvalue weighted by Crippen LogP contribution is -2.22. The Labute approximate surface area is 130 Å². The molecule has 0 aliphatic carbocycles. The van der Waals surface area contributed by atoms with Crippen LogP contribution in [0.5, 0.6) is 11.5 Å². The summed E-state index contributed by atoms with van der Waals surface area (Å²) in [7, 11) is 3.34. The molecule has 3 nitrogen and oxygen atoms in total. The smallest absolute Gasteiger partial charge is 0.124 e. The van der Waals surface area contributed by atoms with Crippen LogP contribution >= 0.6 is 11.6 Å². The number of rotatable bonds is 6. The summed E-state index contributed by atoms with van der Waals surface area (Å²) in [5, 5.41) is 4.17. The minimum absolute atomic E-state index is 0.00116. The van der Waals surface area contributed by atoms with Crippen molar-refractivity contribution >= 4 is 11.6 Å². The summed E-state index contributed by atoms with van der Waals surface area (Å²) in [5.41, 5.74) is 2.12. The first kappa shape index (κ1) is 15.7. The molecule has 0 aliphatic rings. The van der Waals surface area contributed by atoms with Crippen LogP contribution < -0.4 is 14.8 Å². The number of ether oxygens (including phenoxy) is 2. The molecule has 0 aliphatic heterocycles. The Kier molecular flexibility index (Phi) is 5.48. The highest BCUT2D eigenvalue weighted by Crippen LogP contribution is 2.33. The molecule has 21 heavy (non-hydrogen) atoms. The van der Waals surface area contributed by atoms with E-state index in [1.807, 2.05) is 36.4 Å². The van der Waals surface area contributed by atoms with Gasteiger partial charge in [0.2, 0.25) is 0 Å². The maximum Gasteiger partial charge on any atom is 0.124 e. The molecule has 1 unspecified atom stereocenters.